The summed E-state index contributed by atoms with van der Waals surface area (Å²) in [5.41, 5.74) is 1.16. The Balaban J connectivity index is 0. The molecule has 0 amide bonds. The van der Waals surface area contributed by atoms with Gasteiger partial charge in [-0.1, -0.05) is 13.0 Å². The van der Waals surface area contributed by atoms with E-state index in [4.69, 9.17) is 0 Å². The van der Waals surface area contributed by atoms with Gasteiger partial charge >= 0.3 is 0 Å². The van der Waals surface area contributed by atoms with E-state index in [9.17, 15) is 0 Å². The Morgan fingerprint density at radius 1 is 1.56 bits per heavy atom. The molecule has 0 aliphatic rings. The van der Waals surface area contributed by atoms with E-state index in [1.807, 2.05) is 26.1 Å². The number of nitrogens with zero attached hydrogens (tertiary/aromatic N) is 1. The van der Waals surface area contributed by atoms with Crippen LogP contribution < -0.4 is 0 Å². The Hall–Kier alpha value is -0.240. The minimum absolute atomic E-state index is 0. The highest BCUT2D eigenvalue weighted by atomic mass is 32.1. The zero-order chi connectivity index (χ0) is 6.41. The Kier molecular flexibility index (Phi) is 9.95. The van der Waals surface area contributed by atoms with Gasteiger partial charge in [0, 0.05) is 12.8 Å². The van der Waals surface area contributed by atoms with Crippen molar-refractivity contribution in [2.24, 2.45) is 4.99 Å². The van der Waals surface area contributed by atoms with Crippen LogP contribution in [0, 0.1) is 0 Å². The molecule has 0 fully saturated rings. The smallest absolute Gasteiger partial charge is 0.0338 e. The summed E-state index contributed by atoms with van der Waals surface area (Å²) in [6.45, 7) is 4.10. The average Bonchev–Trinajstić information content (AvgIpc) is 1.83. The van der Waals surface area contributed by atoms with E-state index < -0.39 is 0 Å². The highest BCUT2D eigenvalue weighted by Gasteiger charge is 1.81. The fourth-order valence-corrected chi connectivity index (χ4v) is 0.543. The van der Waals surface area contributed by atoms with Crippen molar-refractivity contribution in [2.75, 3.05) is 7.05 Å². The van der Waals surface area contributed by atoms with Crippen molar-refractivity contribution in [1.82, 2.24) is 0 Å². The first-order chi connectivity index (χ1) is 3.85. The van der Waals surface area contributed by atoms with Crippen molar-refractivity contribution < 1.29 is 0 Å². The second kappa shape index (κ2) is 7.76. The van der Waals surface area contributed by atoms with Crippen LogP contribution >= 0.6 is 13.5 Å². The maximum atomic E-state index is 4.03. The van der Waals surface area contributed by atoms with Gasteiger partial charge in [-0.15, -0.1) is 0 Å². The number of aliphatic imine (C=N–C) groups is 1. The standard InChI is InChI=1S/C7H13N.H2S/c1-4-6-7(5-2)8-3;/h4,6H,5H2,1-3H3;1H2/b6-4-,8-7?;. The van der Waals surface area contributed by atoms with Crippen LogP contribution in [-0.4, -0.2) is 12.8 Å². The van der Waals surface area contributed by atoms with E-state index in [1.165, 1.54) is 0 Å². The fraction of sp³-hybridized carbons (Fsp3) is 0.571. The van der Waals surface area contributed by atoms with E-state index >= 15 is 0 Å². The molecule has 9 heavy (non-hydrogen) atoms. The van der Waals surface area contributed by atoms with E-state index in [1.54, 1.807) is 0 Å². The van der Waals surface area contributed by atoms with Gasteiger partial charge in [0.25, 0.3) is 0 Å². The Morgan fingerprint density at radius 3 is 2.22 bits per heavy atom. The number of rotatable bonds is 2. The quantitative estimate of drug-likeness (QED) is 0.528. The van der Waals surface area contributed by atoms with Gasteiger partial charge in [0.15, 0.2) is 0 Å². The second-order valence-corrected chi connectivity index (χ2v) is 1.57. The first-order valence-electron chi connectivity index (χ1n) is 2.93. The highest BCUT2D eigenvalue weighted by Crippen LogP contribution is 1.85. The van der Waals surface area contributed by atoms with Crippen molar-refractivity contribution in [3.8, 4) is 0 Å². The summed E-state index contributed by atoms with van der Waals surface area (Å²) in [6.07, 6.45) is 5.06. The van der Waals surface area contributed by atoms with Gasteiger partial charge in [-0.25, -0.2) is 0 Å². The summed E-state index contributed by atoms with van der Waals surface area (Å²) >= 11 is 0. The van der Waals surface area contributed by atoms with Crippen LogP contribution in [0.3, 0.4) is 0 Å². The normalized spacial score (nSPS) is 11.7. The molecule has 0 heterocycles. The average molecular weight is 145 g/mol. The molecular weight excluding hydrogens is 130 g/mol. The number of allylic oxidation sites excluding steroid dienone is 2. The van der Waals surface area contributed by atoms with Gasteiger partial charge in [0.1, 0.15) is 0 Å². The minimum Gasteiger partial charge on any atom is -0.293 e. The van der Waals surface area contributed by atoms with Gasteiger partial charge < -0.3 is 0 Å². The maximum absolute atomic E-state index is 4.03. The Bertz CT molecular complexity index is 103. The summed E-state index contributed by atoms with van der Waals surface area (Å²) in [6, 6.07) is 0. The molecule has 0 aromatic rings. The van der Waals surface area contributed by atoms with Gasteiger partial charge in [0.2, 0.25) is 0 Å². The molecule has 0 spiro atoms. The second-order valence-electron chi connectivity index (χ2n) is 1.57. The third-order valence-electron chi connectivity index (χ3n) is 1.01. The maximum Gasteiger partial charge on any atom is 0.0338 e. The van der Waals surface area contributed by atoms with Crippen LogP contribution in [0.5, 0.6) is 0 Å². The van der Waals surface area contributed by atoms with E-state index in [0.717, 1.165) is 12.1 Å². The van der Waals surface area contributed by atoms with Crippen molar-refractivity contribution in [2.45, 2.75) is 20.3 Å². The molecular formula is C7H15NS. The van der Waals surface area contributed by atoms with Crippen LogP contribution in [0.4, 0.5) is 0 Å². The van der Waals surface area contributed by atoms with Crippen LogP contribution in [0.2, 0.25) is 0 Å². The molecule has 0 atom stereocenters. The molecule has 0 aromatic carbocycles. The molecule has 0 N–H and O–H groups in total. The molecule has 1 nitrogen and oxygen atoms in total. The number of hydrogen-bond donors (Lipinski definition) is 0. The third kappa shape index (κ3) is 5.63. The topological polar surface area (TPSA) is 12.4 Å². The molecule has 54 valence electrons. The molecule has 0 aromatic heterocycles. The molecule has 0 radical (unpaired) electrons. The zero-order valence-corrected chi connectivity index (χ0v) is 7.31. The molecule has 0 saturated heterocycles. The SMILES string of the molecule is C/C=C\C(CC)=NC.S. The van der Waals surface area contributed by atoms with E-state index in [2.05, 4.69) is 11.9 Å². The molecule has 0 unspecified atom stereocenters. The van der Waals surface area contributed by atoms with Crippen LogP contribution in [0.15, 0.2) is 17.1 Å². The predicted octanol–water partition coefficient (Wildman–Crippen LogP) is 2.16. The van der Waals surface area contributed by atoms with Crippen molar-refractivity contribution in [3.05, 3.63) is 12.2 Å². The van der Waals surface area contributed by atoms with Crippen LogP contribution in [0.25, 0.3) is 0 Å². The number of hydrogen-bond acceptors (Lipinski definition) is 1. The predicted molar refractivity (Wildman–Crippen MR) is 48.8 cm³/mol. The first-order valence-corrected chi connectivity index (χ1v) is 2.93. The first kappa shape index (κ1) is 11.5. The van der Waals surface area contributed by atoms with Crippen molar-refractivity contribution in [3.63, 3.8) is 0 Å². The van der Waals surface area contributed by atoms with E-state index in [0.29, 0.717) is 0 Å². The lowest BCUT2D eigenvalue weighted by molar-refractivity contribution is 1.26. The van der Waals surface area contributed by atoms with Gasteiger partial charge in [-0.3, -0.25) is 4.99 Å². The minimum atomic E-state index is 0. The van der Waals surface area contributed by atoms with Crippen molar-refractivity contribution >= 4 is 19.2 Å². The molecule has 0 rings (SSSR count). The van der Waals surface area contributed by atoms with Gasteiger partial charge in [-0.05, 0) is 19.4 Å². The molecule has 2 heteroatoms. The lowest BCUT2D eigenvalue weighted by atomic mass is 10.3. The summed E-state index contributed by atoms with van der Waals surface area (Å²) < 4.78 is 0. The molecule has 0 bridgehead atoms. The highest BCUT2D eigenvalue weighted by molar-refractivity contribution is 7.59. The Labute approximate surface area is 64.3 Å². The summed E-state index contributed by atoms with van der Waals surface area (Å²) in [4.78, 5) is 4.03. The van der Waals surface area contributed by atoms with Gasteiger partial charge in [0.05, 0.1) is 0 Å². The molecule has 0 aliphatic carbocycles. The lowest BCUT2D eigenvalue weighted by Gasteiger charge is -1.88. The largest absolute Gasteiger partial charge is 0.293 e. The molecule has 0 aliphatic heterocycles. The lowest BCUT2D eigenvalue weighted by Crippen LogP contribution is -1.87. The van der Waals surface area contributed by atoms with Gasteiger partial charge in [-0.2, -0.15) is 13.5 Å². The van der Waals surface area contributed by atoms with E-state index in [-0.39, 0.29) is 13.5 Å². The van der Waals surface area contributed by atoms with Crippen LogP contribution in [0.1, 0.15) is 20.3 Å². The Morgan fingerprint density at radius 2 is 2.11 bits per heavy atom. The van der Waals surface area contributed by atoms with Crippen molar-refractivity contribution in [1.29, 1.82) is 0 Å². The summed E-state index contributed by atoms with van der Waals surface area (Å²) in [5.74, 6) is 0. The summed E-state index contributed by atoms with van der Waals surface area (Å²) in [5, 5.41) is 0. The van der Waals surface area contributed by atoms with Crippen LogP contribution in [-0.2, 0) is 0 Å². The zero-order valence-electron chi connectivity index (χ0n) is 6.31. The third-order valence-corrected chi connectivity index (χ3v) is 1.01. The monoisotopic (exact) mass is 145 g/mol. The molecule has 0 saturated carbocycles. The summed E-state index contributed by atoms with van der Waals surface area (Å²) in [7, 11) is 1.82. The fourth-order valence-electron chi connectivity index (χ4n) is 0.543.